The fraction of sp³-hybridized carbons (Fsp3) is 0.115. The van der Waals surface area contributed by atoms with Crippen molar-refractivity contribution < 1.29 is 19.1 Å². The first-order valence-electron chi connectivity index (χ1n) is 10.2. The van der Waals surface area contributed by atoms with E-state index in [1.54, 1.807) is 36.4 Å². The van der Waals surface area contributed by atoms with E-state index in [2.05, 4.69) is 26.6 Å². The van der Waals surface area contributed by atoms with Gasteiger partial charge in [-0.05, 0) is 70.9 Å². The Bertz CT molecular complexity index is 1250. The van der Waals surface area contributed by atoms with Gasteiger partial charge in [0.1, 0.15) is 11.6 Å². The Hall–Kier alpha value is -4.09. The summed E-state index contributed by atoms with van der Waals surface area (Å²) in [6.45, 7) is 1.73. The van der Waals surface area contributed by atoms with E-state index in [0.717, 1.165) is 5.56 Å². The van der Waals surface area contributed by atoms with Crippen LogP contribution in [0.15, 0.2) is 76.8 Å². The van der Waals surface area contributed by atoms with Gasteiger partial charge in [0, 0.05) is 11.4 Å². The van der Waals surface area contributed by atoms with Crippen LogP contribution >= 0.6 is 15.9 Å². The molecular weight excluding hydrogens is 498 g/mol. The molecule has 34 heavy (non-hydrogen) atoms. The molecule has 2 N–H and O–H groups in total. The molecule has 0 aliphatic heterocycles. The lowest BCUT2D eigenvalue weighted by molar-refractivity contribution is -0.118. The smallest absolute Gasteiger partial charge is 0.266 e. The van der Waals surface area contributed by atoms with Crippen LogP contribution in [0.3, 0.4) is 0 Å². The molecular formula is C26H22BrN3O4. The van der Waals surface area contributed by atoms with Gasteiger partial charge in [-0.3, -0.25) is 9.59 Å². The van der Waals surface area contributed by atoms with Gasteiger partial charge < -0.3 is 20.1 Å². The van der Waals surface area contributed by atoms with Crippen molar-refractivity contribution in [3.63, 3.8) is 0 Å². The summed E-state index contributed by atoms with van der Waals surface area (Å²) < 4.78 is 11.6. The summed E-state index contributed by atoms with van der Waals surface area (Å²) >= 11 is 3.42. The van der Waals surface area contributed by atoms with E-state index in [-0.39, 0.29) is 18.1 Å². The summed E-state index contributed by atoms with van der Waals surface area (Å²) in [4.78, 5) is 24.8. The SMILES string of the molecule is COc1cc(/C=C(\C#N)C(=O)Nc2ccccc2)cc(Br)c1OCC(=O)Nc1ccc(C)cc1. The average molecular weight is 520 g/mol. The van der Waals surface area contributed by atoms with Gasteiger partial charge in [0.05, 0.1) is 11.6 Å². The zero-order chi connectivity index (χ0) is 24.5. The highest BCUT2D eigenvalue weighted by Crippen LogP contribution is 2.37. The van der Waals surface area contributed by atoms with Crippen molar-refractivity contribution in [1.29, 1.82) is 5.26 Å². The molecule has 0 heterocycles. The Morgan fingerprint density at radius 1 is 1.03 bits per heavy atom. The monoisotopic (exact) mass is 519 g/mol. The number of amides is 2. The first kappa shape index (κ1) is 24.6. The molecule has 172 valence electrons. The highest BCUT2D eigenvalue weighted by Gasteiger charge is 2.15. The van der Waals surface area contributed by atoms with Gasteiger partial charge >= 0.3 is 0 Å². The molecule has 0 fully saturated rings. The lowest BCUT2D eigenvalue weighted by atomic mass is 10.1. The largest absolute Gasteiger partial charge is 0.493 e. The number of nitrogens with one attached hydrogen (secondary N) is 2. The van der Waals surface area contributed by atoms with Crippen LogP contribution in [-0.4, -0.2) is 25.5 Å². The van der Waals surface area contributed by atoms with E-state index in [0.29, 0.717) is 32.9 Å². The van der Waals surface area contributed by atoms with Gasteiger partial charge in [-0.1, -0.05) is 35.9 Å². The molecule has 0 saturated carbocycles. The number of carbonyl (C=O) groups is 2. The number of ether oxygens (including phenoxy) is 2. The first-order valence-corrected chi connectivity index (χ1v) is 11.0. The van der Waals surface area contributed by atoms with Crippen LogP contribution < -0.4 is 20.1 Å². The predicted molar refractivity (Wildman–Crippen MR) is 135 cm³/mol. The molecule has 0 bridgehead atoms. The molecule has 8 heteroatoms. The molecule has 3 aromatic rings. The van der Waals surface area contributed by atoms with Crippen molar-refractivity contribution in [3.05, 3.63) is 87.9 Å². The summed E-state index contributed by atoms with van der Waals surface area (Å²) in [6, 6.07) is 21.5. The Kier molecular flexibility index (Phi) is 8.43. The Morgan fingerprint density at radius 3 is 2.35 bits per heavy atom. The molecule has 7 nitrogen and oxygen atoms in total. The fourth-order valence-electron chi connectivity index (χ4n) is 2.97. The Balaban J connectivity index is 1.72. The molecule has 0 aromatic heterocycles. The topological polar surface area (TPSA) is 100 Å². The van der Waals surface area contributed by atoms with Crippen LogP contribution in [0.1, 0.15) is 11.1 Å². The number of hydrogen-bond donors (Lipinski definition) is 2. The number of nitriles is 1. The standard InChI is InChI=1S/C26H22BrN3O4/c1-17-8-10-21(11-9-17)29-24(31)16-34-25-22(27)13-18(14-23(25)33-2)12-19(15-28)26(32)30-20-6-4-3-5-7-20/h3-14H,16H2,1-2H3,(H,29,31)(H,30,32)/b19-12+. The second-order valence-corrected chi connectivity index (χ2v) is 8.08. The average Bonchev–Trinajstić information content (AvgIpc) is 2.83. The van der Waals surface area contributed by atoms with Crippen molar-refractivity contribution in [3.8, 4) is 17.6 Å². The predicted octanol–water partition coefficient (Wildman–Crippen LogP) is 5.33. The van der Waals surface area contributed by atoms with Crippen molar-refractivity contribution in [2.24, 2.45) is 0 Å². The fourth-order valence-corrected chi connectivity index (χ4v) is 3.54. The first-order chi connectivity index (χ1) is 16.4. The Labute approximate surface area is 206 Å². The van der Waals surface area contributed by atoms with E-state index in [1.807, 2.05) is 43.3 Å². The van der Waals surface area contributed by atoms with E-state index in [9.17, 15) is 14.9 Å². The number of carbonyl (C=O) groups excluding carboxylic acids is 2. The minimum Gasteiger partial charge on any atom is -0.493 e. The number of nitrogens with zero attached hydrogens (tertiary/aromatic N) is 1. The van der Waals surface area contributed by atoms with Crippen molar-refractivity contribution in [2.75, 3.05) is 24.4 Å². The molecule has 3 aromatic carbocycles. The van der Waals surface area contributed by atoms with Gasteiger partial charge in [0.15, 0.2) is 18.1 Å². The van der Waals surface area contributed by atoms with Gasteiger partial charge in [-0.25, -0.2) is 0 Å². The summed E-state index contributed by atoms with van der Waals surface area (Å²) in [5.74, 6) is -0.196. The molecule has 0 aliphatic carbocycles. The number of methoxy groups -OCH3 is 1. The number of halogens is 1. The summed E-state index contributed by atoms with van der Waals surface area (Å²) in [7, 11) is 1.46. The number of hydrogen-bond acceptors (Lipinski definition) is 5. The maximum atomic E-state index is 12.5. The Morgan fingerprint density at radius 2 is 1.71 bits per heavy atom. The molecule has 0 unspecified atom stereocenters. The van der Waals surface area contributed by atoms with Gasteiger partial charge in [-0.2, -0.15) is 5.26 Å². The second kappa shape index (κ2) is 11.7. The van der Waals surface area contributed by atoms with E-state index >= 15 is 0 Å². The van der Waals surface area contributed by atoms with Gasteiger partial charge in [0.25, 0.3) is 11.8 Å². The summed E-state index contributed by atoms with van der Waals surface area (Å²) in [6.07, 6.45) is 1.44. The maximum Gasteiger partial charge on any atom is 0.266 e. The zero-order valence-corrected chi connectivity index (χ0v) is 20.2. The molecule has 2 amide bonds. The summed E-state index contributed by atoms with van der Waals surface area (Å²) in [5.41, 5.74) is 2.81. The third kappa shape index (κ3) is 6.70. The molecule has 0 aliphatic rings. The maximum absolute atomic E-state index is 12.5. The number of anilines is 2. The molecule has 0 spiro atoms. The van der Waals surface area contributed by atoms with Crippen molar-refractivity contribution in [2.45, 2.75) is 6.92 Å². The van der Waals surface area contributed by atoms with Crippen molar-refractivity contribution in [1.82, 2.24) is 0 Å². The molecule has 0 atom stereocenters. The molecule has 3 rings (SSSR count). The molecule has 0 radical (unpaired) electrons. The zero-order valence-electron chi connectivity index (χ0n) is 18.6. The van der Waals surface area contributed by atoms with Gasteiger partial charge in [-0.15, -0.1) is 0 Å². The highest BCUT2D eigenvalue weighted by molar-refractivity contribution is 9.10. The van der Waals surface area contributed by atoms with Crippen LogP contribution in [0.2, 0.25) is 0 Å². The number of para-hydroxylation sites is 1. The minimum atomic E-state index is -0.531. The van der Waals surface area contributed by atoms with Crippen LogP contribution in [-0.2, 0) is 9.59 Å². The van der Waals surface area contributed by atoms with Crippen LogP contribution in [0, 0.1) is 18.3 Å². The lowest BCUT2D eigenvalue weighted by Crippen LogP contribution is -2.20. The molecule has 0 saturated heterocycles. The quantitative estimate of drug-likeness (QED) is 0.309. The van der Waals surface area contributed by atoms with Crippen LogP contribution in [0.4, 0.5) is 11.4 Å². The van der Waals surface area contributed by atoms with E-state index in [4.69, 9.17) is 9.47 Å². The summed E-state index contributed by atoms with van der Waals surface area (Å²) in [5, 5.41) is 14.9. The van der Waals surface area contributed by atoms with Crippen LogP contribution in [0.5, 0.6) is 11.5 Å². The second-order valence-electron chi connectivity index (χ2n) is 7.23. The van der Waals surface area contributed by atoms with E-state index in [1.165, 1.54) is 13.2 Å². The minimum absolute atomic E-state index is 0.0797. The van der Waals surface area contributed by atoms with E-state index < -0.39 is 5.91 Å². The third-order valence-electron chi connectivity index (χ3n) is 4.64. The van der Waals surface area contributed by atoms with Gasteiger partial charge in [0.2, 0.25) is 0 Å². The number of aryl methyl sites for hydroxylation is 1. The number of rotatable bonds is 8. The highest BCUT2D eigenvalue weighted by atomic mass is 79.9. The number of benzene rings is 3. The van der Waals surface area contributed by atoms with Crippen molar-refractivity contribution >= 4 is 45.2 Å². The normalized spacial score (nSPS) is 10.7. The van der Waals surface area contributed by atoms with Crippen LogP contribution in [0.25, 0.3) is 6.08 Å². The third-order valence-corrected chi connectivity index (χ3v) is 5.23. The lowest BCUT2D eigenvalue weighted by Gasteiger charge is -2.14.